The van der Waals surface area contributed by atoms with Gasteiger partial charge in [0.25, 0.3) is 0 Å². The molecule has 1 N–H and O–H groups in total. The van der Waals surface area contributed by atoms with Crippen molar-refractivity contribution in [3.63, 3.8) is 0 Å². The van der Waals surface area contributed by atoms with Gasteiger partial charge in [-0.1, -0.05) is 46.5 Å². The first kappa shape index (κ1) is 24.6. The molecular weight excluding hydrogens is 338 g/mol. The third-order valence-electron chi connectivity index (χ3n) is 4.75. The molecule has 0 rings (SSSR count). The van der Waals surface area contributed by atoms with E-state index in [4.69, 9.17) is 5.11 Å². The first-order valence-electron chi connectivity index (χ1n) is 9.70. The highest BCUT2D eigenvalue weighted by Gasteiger charge is 2.25. The monoisotopic (exact) mass is 379 g/mol. The topological polar surface area (TPSA) is 20.2 Å². The van der Waals surface area contributed by atoms with Crippen molar-refractivity contribution in [3.8, 4) is 0 Å². The van der Waals surface area contributed by atoms with E-state index in [2.05, 4.69) is 20.8 Å². The Kier molecular flexibility index (Phi) is 19.9. The van der Waals surface area contributed by atoms with E-state index in [0.717, 1.165) is 6.42 Å². The molecule has 0 saturated carbocycles. The highest BCUT2D eigenvalue weighted by Crippen LogP contribution is 2.17. The van der Waals surface area contributed by atoms with Crippen LogP contribution in [0.5, 0.6) is 0 Å². The van der Waals surface area contributed by atoms with Crippen molar-refractivity contribution in [2.75, 3.05) is 32.8 Å². The normalized spacial score (nSPS) is 13.6. The molecule has 2 nitrogen and oxygen atoms in total. The van der Waals surface area contributed by atoms with E-state index in [1.165, 1.54) is 94.9 Å². The Morgan fingerprint density at radius 3 is 1.45 bits per heavy atom. The van der Waals surface area contributed by atoms with Crippen LogP contribution >= 0.6 is 0 Å². The second-order valence-electron chi connectivity index (χ2n) is 6.79. The Balaban J connectivity index is 0. The first-order valence-corrected chi connectivity index (χ1v) is 9.70. The lowest BCUT2D eigenvalue weighted by atomic mass is 10.1. The molecule has 0 heterocycles. The van der Waals surface area contributed by atoms with Gasteiger partial charge in [-0.2, -0.15) is 0 Å². The maximum absolute atomic E-state index is 9.09. The average molecular weight is 380 g/mol. The van der Waals surface area contributed by atoms with E-state index in [0.29, 0.717) is 6.61 Å². The van der Waals surface area contributed by atoms with Crippen LogP contribution in [0.4, 0.5) is 0 Å². The van der Waals surface area contributed by atoms with Gasteiger partial charge < -0.3 is 26.6 Å². The van der Waals surface area contributed by atoms with Gasteiger partial charge in [-0.3, -0.25) is 0 Å². The molecule has 136 valence electrons. The molecule has 0 saturated heterocycles. The van der Waals surface area contributed by atoms with Gasteiger partial charge in [-0.15, -0.1) is 0 Å². The summed E-state index contributed by atoms with van der Waals surface area (Å²) in [6.45, 7) is 12.6. The number of hydrogen-bond donors (Lipinski definition) is 1. The first-order chi connectivity index (χ1) is 10.2. The molecule has 0 aromatic carbocycles. The molecule has 0 radical (unpaired) electrons. The van der Waals surface area contributed by atoms with E-state index >= 15 is 0 Å². The second kappa shape index (κ2) is 17.7. The largest absolute Gasteiger partial charge is 1.00 e. The summed E-state index contributed by atoms with van der Waals surface area (Å²) in [5, 5.41) is 9.09. The van der Waals surface area contributed by atoms with Crippen LogP contribution in [0.3, 0.4) is 0 Å². The molecular formula is C19H42BrNO. The summed E-state index contributed by atoms with van der Waals surface area (Å²) in [5.41, 5.74) is 0. The van der Waals surface area contributed by atoms with E-state index in [9.17, 15) is 0 Å². The van der Waals surface area contributed by atoms with Crippen LogP contribution < -0.4 is 17.0 Å². The summed E-state index contributed by atoms with van der Waals surface area (Å²) in [7, 11) is 0. The predicted octanol–water partition coefficient (Wildman–Crippen LogP) is 2.15. The number of nitrogens with zero attached hydrogens (tertiary/aromatic N) is 1. The van der Waals surface area contributed by atoms with Crippen molar-refractivity contribution in [2.45, 2.75) is 91.4 Å². The number of rotatable bonds is 16. The number of quaternary nitrogens is 1. The highest BCUT2D eigenvalue weighted by molar-refractivity contribution is 4.51. The Morgan fingerprint density at radius 1 is 0.545 bits per heavy atom. The number of aliphatic hydroxyl groups excluding tert-OH is 1. The summed E-state index contributed by atoms with van der Waals surface area (Å²) < 4.78 is 1.33. The summed E-state index contributed by atoms with van der Waals surface area (Å²) in [4.78, 5) is 0. The van der Waals surface area contributed by atoms with Crippen molar-refractivity contribution >= 4 is 0 Å². The van der Waals surface area contributed by atoms with Crippen LogP contribution in [0.25, 0.3) is 0 Å². The molecule has 1 atom stereocenters. The molecule has 0 aromatic rings. The minimum atomic E-state index is 0. The van der Waals surface area contributed by atoms with Crippen molar-refractivity contribution < 1.29 is 26.6 Å². The minimum Gasteiger partial charge on any atom is -1.00 e. The van der Waals surface area contributed by atoms with E-state index in [1.807, 2.05) is 0 Å². The van der Waals surface area contributed by atoms with Crippen LogP contribution in [0, 0.1) is 0 Å². The van der Waals surface area contributed by atoms with Gasteiger partial charge in [0.1, 0.15) is 0 Å². The van der Waals surface area contributed by atoms with Crippen LogP contribution in [-0.2, 0) is 0 Å². The Labute approximate surface area is 151 Å². The average Bonchev–Trinajstić information content (AvgIpc) is 2.50. The molecule has 22 heavy (non-hydrogen) atoms. The molecule has 0 fully saturated rings. The number of unbranched alkanes of at least 4 members (excludes halogenated alkanes) is 7. The number of aliphatic hydroxyl groups is 1. The Morgan fingerprint density at radius 2 is 0.955 bits per heavy atom. The SMILES string of the molecule is CCCCCC[N+](CCCC)(CCCCC)CCCCO.[Br-]. The van der Waals surface area contributed by atoms with Crippen LogP contribution in [-0.4, -0.2) is 42.4 Å². The Bertz CT molecular complexity index is 202. The summed E-state index contributed by atoms with van der Waals surface area (Å²) >= 11 is 0. The highest BCUT2D eigenvalue weighted by atomic mass is 79.9. The molecule has 0 spiro atoms. The maximum atomic E-state index is 9.09. The van der Waals surface area contributed by atoms with Crippen LogP contribution in [0.2, 0.25) is 0 Å². The fourth-order valence-electron chi connectivity index (χ4n) is 3.29. The van der Waals surface area contributed by atoms with E-state index in [1.54, 1.807) is 0 Å². The molecule has 0 bridgehead atoms. The van der Waals surface area contributed by atoms with Crippen molar-refractivity contribution in [2.24, 2.45) is 0 Å². The van der Waals surface area contributed by atoms with Gasteiger partial charge >= 0.3 is 0 Å². The minimum absolute atomic E-state index is 0. The molecule has 0 aromatic heterocycles. The quantitative estimate of drug-likeness (QED) is 0.321. The Hall–Kier alpha value is 0.400. The number of halogens is 1. The van der Waals surface area contributed by atoms with Gasteiger partial charge in [0.2, 0.25) is 0 Å². The third kappa shape index (κ3) is 12.9. The molecule has 3 heteroatoms. The van der Waals surface area contributed by atoms with Crippen LogP contribution in [0.1, 0.15) is 91.4 Å². The van der Waals surface area contributed by atoms with Gasteiger partial charge in [0.05, 0.1) is 26.2 Å². The van der Waals surface area contributed by atoms with Crippen LogP contribution in [0.15, 0.2) is 0 Å². The zero-order chi connectivity index (χ0) is 15.8. The molecule has 0 aliphatic heterocycles. The smallest absolute Gasteiger partial charge is 0.0787 e. The molecule has 0 aliphatic rings. The zero-order valence-electron chi connectivity index (χ0n) is 15.6. The fraction of sp³-hybridized carbons (Fsp3) is 1.00. The van der Waals surface area contributed by atoms with Gasteiger partial charge in [-0.05, 0) is 44.9 Å². The standard InChI is InChI=1S/C19H42NO.BrH/c1-4-7-10-12-17-20(15-9-6-3,16-11-8-5-2)18-13-14-19-21;/h21H,4-19H2,1-3H3;1H/q+1;/p-1. The molecule has 0 amide bonds. The van der Waals surface area contributed by atoms with Crippen molar-refractivity contribution in [1.82, 2.24) is 0 Å². The lowest BCUT2D eigenvalue weighted by molar-refractivity contribution is -0.929. The van der Waals surface area contributed by atoms with Gasteiger partial charge in [0, 0.05) is 6.61 Å². The zero-order valence-corrected chi connectivity index (χ0v) is 17.2. The molecule has 1 unspecified atom stereocenters. The van der Waals surface area contributed by atoms with Crippen molar-refractivity contribution in [1.29, 1.82) is 0 Å². The number of hydrogen-bond acceptors (Lipinski definition) is 1. The second-order valence-corrected chi connectivity index (χ2v) is 6.79. The third-order valence-corrected chi connectivity index (χ3v) is 4.75. The fourth-order valence-corrected chi connectivity index (χ4v) is 3.29. The summed E-state index contributed by atoms with van der Waals surface area (Å²) in [6.07, 6.45) is 14.4. The predicted molar refractivity (Wildman–Crippen MR) is 94.6 cm³/mol. The van der Waals surface area contributed by atoms with Gasteiger partial charge in [-0.25, -0.2) is 0 Å². The maximum Gasteiger partial charge on any atom is 0.0787 e. The molecule has 0 aliphatic carbocycles. The lowest BCUT2D eigenvalue weighted by Gasteiger charge is -2.39. The van der Waals surface area contributed by atoms with Crippen molar-refractivity contribution in [3.05, 3.63) is 0 Å². The summed E-state index contributed by atoms with van der Waals surface area (Å²) in [5.74, 6) is 0. The lowest BCUT2D eigenvalue weighted by Crippen LogP contribution is -3.00. The van der Waals surface area contributed by atoms with E-state index < -0.39 is 0 Å². The van der Waals surface area contributed by atoms with Gasteiger partial charge in [0.15, 0.2) is 0 Å². The van der Waals surface area contributed by atoms with E-state index in [-0.39, 0.29) is 17.0 Å². The summed E-state index contributed by atoms with van der Waals surface area (Å²) in [6, 6.07) is 0.